The number of carbonyl (C=O) groups excluding carboxylic acids is 1. The lowest BCUT2D eigenvalue weighted by atomic mass is 9.92. The minimum atomic E-state index is 0.0134. The van der Waals surface area contributed by atoms with E-state index in [1.54, 1.807) is 12.1 Å². The van der Waals surface area contributed by atoms with Gasteiger partial charge in [0.1, 0.15) is 0 Å². The molecule has 3 N–H and O–H groups in total. The molecule has 0 aliphatic heterocycles. The molecule has 1 aromatic carbocycles. The van der Waals surface area contributed by atoms with Gasteiger partial charge >= 0.3 is 0 Å². The van der Waals surface area contributed by atoms with E-state index in [9.17, 15) is 4.79 Å². The highest BCUT2D eigenvalue weighted by Gasteiger charge is 2.45. The van der Waals surface area contributed by atoms with Gasteiger partial charge in [0.25, 0.3) is 5.91 Å². The van der Waals surface area contributed by atoms with Gasteiger partial charge in [0, 0.05) is 17.8 Å². The van der Waals surface area contributed by atoms with Gasteiger partial charge in [-0.05, 0) is 54.9 Å². The van der Waals surface area contributed by atoms with Gasteiger partial charge < -0.3 is 11.1 Å². The maximum atomic E-state index is 12.1. The zero-order valence-electron chi connectivity index (χ0n) is 11.4. The third kappa shape index (κ3) is 2.50. The molecule has 3 heteroatoms. The minimum Gasteiger partial charge on any atom is -0.399 e. The summed E-state index contributed by atoms with van der Waals surface area (Å²) in [5.41, 5.74) is 8.39. The molecule has 18 heavy (non-hydrogen) atoms. The van der Waals surface area contributed by atoms with Crippen LogP contribution in [-0.4, -0.2) is 12.5 Å². The number of amides is 1. The van der Waals surface area contributed by atoms with Gasteiger partial charge in [0.05, 0.1) is 0 Å². The number of anilines is 1. The highest BCUT2D eigenvalue weighted by atomic mass is 16.1. The van der Waals surface area contributed by atoms with E-state index in [-0.39, 0.29) is 5.91 Å². The highest BCUT2D eigenvalue weighted by molar-refractivity contribution is 5.96. The van der Waals surface area contributed by atoms with Crippen LogP contribution in [0, 0.1) is 18.3 Å². The number of aryl methyl sites for hydroxylation is 1. The fourth-order valence-corrected chi connectivity index (χ4v) is 2.41. The van der Waals surface area contributed by atoms with Crippen molar-refractivity contribution in [3.8, 4) is 0 Å². The van der Waals surface area contributed by atoms with Crippen LogP contribution < -0.4 is 11.1 Å². The van der Waals surface area contributed by atoms with Crippen molar-refractivity contribution in [2.75, 3.05) is 12.3 Å². The molecule has 0 spiro atoms. The summed E-state index contributed by atoms with van der Waals surface area (Å²) in [5, 5.41) is 3.06. The van der Waals surface area contributed by atoms with Crippen LogP contribution in [-0.2, 0) is 0 Å². The maximum Gasteiger partial charge on any atom is 0.251 e. The third-order valence-corrected chi connectivity index (χ3v) is 4.21. The Labute approximate surface area is 109 Å². The first-order valence-electron chi connectivity index (χ1n) is 6.59. The fraction of sp³-hybridized carbons (Fsp3) is 0.533. The number of nitrogens with one attached hydrogen (secondary N) is 1. The standard InChI is InChI=1S/C15H22N2O/c1-10(2)15(6-7-15)9-17-14(18)13-5-4-12(16)8-11(13)3/h4-5,8,10H,6-7,9,16H2,1-3H3,(H,17,18). The lowest BCUT2D eigenvalue weighted by Gasteiger charge is -2.20. The van der Waals surface area contributed by atoms with Gasteiger partial charge in [-0.1, -0.05) is 13.8 Å². The Morgan fingerprint density at radius 2 is 2.11 bits per heavy atom. The van der Waals surface area contributed by atoms with Crippen LogP contribution in [0.2, 0.25) is 0 Å². The normalized spacial score (nSPS) is 16.7. The van der Waals surface area contributed by atoms with Crippen molar-refractivity contribution < 1.29 is 4.79 Å². The van der Waals surface area contributed by atoms with E-state index >= 15 is 0 Å². The van der Waals surface area contributed by atoms with Crippen LogP contribution >= 0.6 is 0 Å². The average Bonchev–Trinajstić information content (AvgIpc) is 3.07. The van der Waals surface area contributed by atoms with E-state index < -0.39 is 0 Å². The second-order valence-corrected chi connectivity index (χ2v) is 5.77. The Bertz CT molecular complexity index is 462. The van der Waals surface area contributed by atoms with Crippen molar-refractivity contribution in [1.82, 2.24) is 5.32 Å². The smallest absolute Gasteiger partial charge is 0.251 e. The summed E-state index contributed by atoms with van der Waals surface area (Å²) in [7, 11) is 0. The van der Waals surface area contributed by atoms with Gasteiger partial charge in [-0.2, -0.15) is 0 Å². The zero-order valence-corrected chi connectivity index (χ0v) is 11.4. The second-order valence-electron chi connectivity index (χ2n) is 5.77. The molecule has 1 amide bonds. The van der Waals surface area contributed by atoms with Crippen LogP contribution in [0.15, 0.2) is 18.2 Å². The molecule has 0 bridgehead atoms. The van der Waals surface area contributed by atoms with Gasteiger partial charge in [0.2, 0.25) is 0 Å². The Balaban J connectivity index is 2.00. The molecule has 0 saturated heterocycles. The second kappa shape index (κ2) is 4.63. The molecule has 1 aliphatic carbocycles. The van der Waals surface area contributed by atoms with E-state index in [2.05, 4.69) is 19.2 Å². The Morgan fingerprint density at radius 1 is 1.44 bits per heavy atom. The van der Waals surface area contributed by atoms with Gasteiger partial charge in [-0.15, -0.1) is 0 Å². The van der Waals surface area contributed by atoms with Crippen LogP contribution in [0.4, 0.5) is 5.69 Å². The first-order valence-corrected chi connectivity index (χ1v) is 6.59. The number of nitrogens with two attached hydrogens (primary N) is 1. The molecule has 2 rings (SSSR count). The number of hydrogen-bond acceptors (Lipinski definition) is 2. The van der Waals surface area contributed by atoms with Crippen molar-refractivity contribution in [3.05, 3.63) is 29.3 Å². The summed E-state index contributed by atoms with van der Waals surface area (Å²) in [6, 6.07) is 5.41. The van der Waals surface area contributed by atoms with E-state index in [0.29, 0.717) is 17.0 Å². The first kappa shape index (κ1) is 12.9. The van der Waals surface area contributed by atoms with Crippen LogP contribution in [0.1, 0.15) is 42.6 Å². The van der Waals surface area contributed by atoms with Crippen molar-refractivity contribution in [2.24, 2.45) is 11.3 Å². The predicted molar refractivity (Wildman–Crippen MR) is 74.4 cm³/mol. The van der Waals surface area contributed by atoms with Crippen molar-refractivity contribution in [2.45, 2.75) is 33.6 Å². The van der Waals surface area contributed by atoms with Gasteiger partial charge in [-0.3, -0.25) is 4.79 Å². The molecule has 3 nitrogen and oxygen atoms in total. The molecular weight excluding hydrogens is 224 g/mol. The van der Waals surface area contributed by atoms with E-state index in [1.807, 2.05) is 13.0 Å². The highest BCUT2D eigenvalue weighted by Crippen LogP contribution is 2.51. The molecule has 1 aromatic rings. The molecule has 0 aromatic heterocycles. The molecule has 1 aliphatic rings. The molecule has 98 valence electrons. The summed E-state index contributed by atoms with van der Waals surface area (Å²) in [6.45, 7) is 7.16. The predicted octanol–water partition coefficient (Wildman–Crippen LogP) is 2.74. The maximum absolute atomic E-state index is 12.1. The minimum absolute atomic E-state index is 0.0134. The topological polar surface area (TPSA) is 55.1 Å². The Morgan fingerprint density at radius 3 is 2.61 bits per heavy atom. The van der Waals surface area contributed by atoms with Crippen molar-refractivity contribution in [3.63, 3.8) is 0 Å². The van der Waals surface area contributed by atoms with Crippen LogP contribution in [0.3, 0.4) is 0 Å². The van der Waals surface area contributed by atoms with E-state index in [1.165, 1.54) is 12.8 Å². The summed E-state index contributed by atoms with van der Waals surface area (Å²) in [4.78, 5) is 12.1. The Kier molecular flexibility index (Phi) is 3.33. The first-order chi connectivity index (χ1) is 8.44. The van der Waals surface area contributed by atoms with Crippen molar-refractivity contribution >= 4 is 11.6 Å². The summed E-state index contributed by atoms with van der Waals surface area (Å²) >= 11 is 0. The van der Waals surface area contributed by atoms with Gasteiger partial charge in [0.15, 0.2) is 0 Å². The third-order valence-electron chi connectivity index (χ3n) is 4.21. The largest absolute Gasteiger partial charge is 0.399 e. The summed E-state index contributed by atoms with van der Waals surface area (Å²) in [6.07, 6.45) is 2.46. The van der Waals surface area contributed by atoms with E-state index in [0.717, 1.165) is 17.7 Å². The molecular formula is C15H22N2O. The summed E-state index contributed by atoms with van der Waals surface area (Å²) < 4.78 is 0. The lowest BCUT2D eigenvalue weighted by Crippen LogP contribution is -2.32. The number of carbonyl (C=O) groups is 1. The Hall–Kier alpha value is -1.51. The van der Waals surface area contributed by atoms with Crippen LogP contribution in [0.25, 0.3) is 0 Å². The molecule has 1 saturated carbocycles. The zero-order chi connectivity index (χ0) is 13.3. The molecule has 0 heterocycles. The number of benzene rings is 1. The molecule has 0 atom stereocenters. The van der Waals surface area contributed by atoms with Crippen LogP contribution in [0.5, 0.6) is 0 Å². The average molecular weight is 246 g/mol. The SMILES string of the molecule is Cc1cc(N)ccc1C(=O)NCC1(C(C)C)CC1. The quantitative estimate of drug-likeness (QED) is 0.803. The number of hydrogen-bond donors (Lipinski definition) is 2. The molecule has 1 fully saturated rings. The molecule has 0 radical (unpaired) electrons. The number of nitrogen functional groups attached to an aromatic ring is 1. The summed E-state index contributed by atoms with van der Waals surface area (Å²) in [5.74, 6) is 0.643. The molecule has 0 unspecified atom stereocenters. The van der Waals surface area contributed by atoms with E-state index in [4.69, 9.17) is 5.73 Å². The number of rotatable bonds is 4. The van der Waals surface area contributed by atoms with Crippen molar-refractivity contribution in [1.29, 1.82) is 0 Å². The lowest BCUT2D eigenvalue weighted by molar-refractivity contribution is 0.0939. The van der Waals surface area contributed by atoms with Gasteiger partial charge in [-0.25, -0.2) is 0 Å². The monoisotopic (exact) mass is 246 g/mol. The fourth-order valence-electron chi connectivity index (χ4n) is 2.41.